The molecular formula is C18H15ClN2O3. The van der Waals surface area contributed by atoms with Gasteiger partial charge in [-0.3, -0.25) is 4.79 Å². The number of halogens is 1. The predicted molar refractivity (Wildman–Crippen MR) is 92.7 cm³/mol. The first-order chi connectivity index (χ1) is 11.6. The van der Waals surface area contributed by atoms with Gasteiger partial charge in [0.25, 0.3) is 0 Å². The Morgan fingerprint density at radius 2 is 2.04 bits per heavy atom. The van der Waals surface area contributed by atoms with Crippen LogP contribution >= 0.6 is 11.6 Å². The molecule has 0 bridgehead atoms. The Hall–Kier alpha value is -2.50. The molecule has 0 aliphatic carbocycles. The number of benzene rings is 2. The van der Waals surface area contributed by atoms with Gasteiger partial charge in [0.1, 0.15) is 11.5 Å². The van der Waals surface area contributed by atoms with Gasteiger partial charge in [-0.25, -0.2) is 0 Å². The summed E-state index contributed by atoms with van der Waals surface area (Å²) in [5.41, 5.74) is 3.37. The van der Waals surface area contributed by atoms with Gasteiger partial charge in [-0.2, -0.15) is 0 Å². The average Bonchev–Trinajstić information content (AvgIpc) is 2.97. The first-order valence-corrected chi connectivity index (χ1v) is 8.03. The normalized spacial score (nSPS) is 13.7. The van der Waals surface area contributed by atoms with Crippen molar-refractivity contribution in [1.29, 1.82) is 0 Å². The van der Waals surface area contributed by atoms with Crippen LogP contribution in [0.15, 0.2) is 36.4 Å². The second-order valence-electron chi connectivity index (χ2n) is 5.79. The number of rotatable bonds is 3. The molecule has 122 valence electrons. The molecule has 0 saturated heterocycles. The summed E-state index contributed by atoms with van der Waals surface area (Å²) in [6, 6.07) is 11.0. The van der Waals surface area contributed by atoms with Gasteiger partial charge in [0.05, 0.1) is 12.1 Å². The lowest BCUT2D eigenvalue weighted by Gasteiger charge is -2.18. The highest BCUT2D eigenvalue weighted by Gasteiger charge is 2.16. The largest absolute Gasteiger partial charge is 0.457 e. The van der Waals surface area contributed by atoms with Crippen LogP contribution in [-0.2, 0) is 17.8 Å². The van der Waals surface area contributed by atoms with E-state index >= 15 is 0 Å². The summed E-state index contributed by atoms with van der Waals surface area (Å²) < 4.78 is 5.99. The molecule has 0 saturated carbocycles. The molecule has 4 rings (SSSR count). The van der Waals surface area contributed by atoms with Crippen molar-refractivity contribution in [3.63, 3.8) is 0 Å². The fraction of sp³-hybridized carbons (Fsp3) is 0.167. The van der Waals surface area contributed by atoms with Gasteiger partial charge in [-0.05, 0) is 30.2 Å². The number of carbonyl (C=O) groups is 1. The number of aliphatic hydroxyl groups is 1. The lowest BCUT2D eigenvalue weighted by Crippen LogP contribution is -2.18. The third-order valence-electron chi connectivity index (χ3n) is 4.10. The summed E-state index contributed by atoms with van der Waals surface area (Å²) in [5.74, 6) is 1.23. The van der Waals surface area contributed by atoms with E-state index in [2.05, 4.69) is 10.3 Å². The molecule has 5 nitrogen and oxygen atoms in total. The first-order valence-electron chi connectivity index (χ1n) is 7.65. The van der Waals surface area contributed by atoms with Gasteiger partial charge >= 0.3 is 0 Å². The molecule has 1 aliphatic heterocycles. The number of anilines is 1. The average molecular weight is 343 g/mol. The topological polar surface area (TPSA) is 74.4 Å². The number of carbonyl (C=O) groups excluding carboxylic acids is 1. The Kier molecular flexibility index (Phi) is 3.67. The Balaban J connectivity index is 1.73. The fourth-order valence-corrected chi connectivity index (χ4v) is 3.15. The van der Waals surface area contributed by atoms with Crippen molar-refractivity contribution < 1.29 is 14.6 Å². The van der Waals surface area contributed by atoms with Crippen molar-refractivity contribution >= 4 is 34.1 Å². The molecule has 24 heavy (non-hydrogen) atoms. The lowest BCUT2D eigenvalue weighted by molar-refractivity contribution is -0.116. The van der Waals surface area contributed by atoms with E-state index in [9.17, 15) is 9.90 Å². The number of ether oxygens (including phenoxy) is 1. The van der Waals surface area contributed by atoms with E-state index in [-0.39, 0.29) is 12.5 Å². The quantitative estimate of drug-likeness (QED) is 0.673. The van der Waals surface area contributed by atoms with Crippen LogP contribution in [0.4, 0.5) is 5.69 Å². The monoisotopic (exact) mass is 342 g/mol. The molecule has 0 fully saturated rings. The third-order valence-corrected chi connectivity index (χ3v) is 4.31. The second kappa shape index (κ2) is 5.85. The Labute approximate surface area is 143 Å². The SMILES string of the molecule is O=C1CCc2ccc(Oc3cc(Cl)cc4[nH]c(CO)cc34)cc2N1. The molecule has 0 atom stereocenters. The molecule has 3 N–H and O–H groups in total. The summed E-state index contributed by atoms with van der Waals surface area (Å²) in [7, 11) is 0. The summed E-state index contributed by atoms with van der Waals surface area (Å²) >= 11 is 6.16. The molecule has 2 heterocycles. The highest BCUT2D eigenvalue weighted by molar-refractivity contribution is 6.31. The van der Waals surface area contributed by atoms with Crippen molar-refractivity contribution in [3.05, 3.63) is 52.7 Å². The molecule has 1 aliphatic rings. The van der Waals surface area contributed by atoms with E-state index in [0.717, 1.165) is 28.6 Å². The van der Waals surface area contributed by atoms with E-state index in [1.807, 2.05) is 24.3 Å². The number of aromatic amines is 1. The van der Waals surface area contributed by atoms with Gasteiger partial charge in [0.2, 0.25) is 5.91 Å². The number of aromatic nitrogens is 1. The lowest BCUT2D eigenvalue weighted by atomic mass is 10.0. The maximum Gasteiger partial charge on any atom is 0.224 e. The molecule has 1 aromatic heterocycles. The second-order valence-corrected chi connectivity index (χ2v) is 6.22. The van der Waals surface area contributed by atoms with Crippen LogP contribution in [0.3, 0.4) is 0 Å². The molecule has 0 unspecified atom stereocenters. The van der Waals surface area contributed by atoms with Crippen molar-refractivity contribution in [2.24, 2.45) is 0 Å². The zero-order chi connectivity index (χ0) is 16.7. The molecular weight excluding hydrogens is 328 g/mol. The number of fused-ring (bicyclic) bond motifs is 2. The third kappa shape index (κ3) is 2.72. The van der Waals surface area contributed by atoms with Crippen LogP contribution in [0.5, 0.6) is 11.5 Å². The Morgan fingerprint density at radius 1 is 1.17 bits per heavy atom. The van der Waals surface area contributed by atoms with Gasteiger partial charge in [-0.1, -0.05) is 17.7 Å². The van der Waals surface area contributed by atoms with Crippen molar-refractivity contribution in [2.45, 2.75) is 19.4 Å². The van der Waals surface area contributed by atoms with Crippen molar-refractivity contribution in [3.8, 4) is 11.5 Å². The van der Waals surface area contributed by atoms with Crippen LogP contribution in [0, 0.1) is 0 Å². The summed E-state index contributed by atoms with van der Waals surface area (Å²) in [6.07, 6.45) is 1.25. The minimum Gasteiger partial charge on any atom is -0.457 e. The Bertz CT molecular complexity index is 949. The molecule has 1 amide bonds. The minimum absolute atomic E-state index is 0.0167. The summed E-state index contributed by atoms with van der Waals surface area (Å²) in [5, 5.41) is 13.5. The van der Waals surface area contributed by atoms with Gasteiger partial charge in [-0.15, -0.1) is 0 Å². The number of aryl methyl sites for hydroxylation is 1. The van der Waals surface area contributed by atoms with Crippen molar-refractivity contribution in [2.75, 3.05) is 5.32 Å². The molecule has 0 spiro atoms. The van der Waals surface area contributed by atoms with E-state index in [4.69, 9.17) is 16.3 Å². The van der Waals surface area contributed by atoms with Crippen molar-refractivity contribution in [1.82, 2.24) is 4.98 Å². The maximum atomic E-state index is 11.6. The highest BCUT2D eigenvalue weighted by Crippen LogP contribution is 2.35. The van der Waals surface area contributed by atoms with Gasteiger partial charge < -0.3 is 20.1 Å². The maximum absolute atomic E-state index is 11.6. The van der Waals surface area contributed by atoms with Gasteiger partial charge in [0, 0.05) is 40.3 Å². The first kappa shape index (κ1) is 15.1. The smallest absolute Gasteiger partial charge is 0.224 e. The number of hydrogen-bond donors (Lipinski definition) is 3. The predicted octanol–water partition coefficient (Wildman–Crippen LogP) is 3.99. The van der Waals surface area contributed by atoms with Crippen LogP contribution in [0.1, 0.15) is 17.7 Å². The van der Waals surface area contributed by atoms with Crippen LogP contribution < -0.4 is 10.1 Å². The zero-order valence-corrected chi connectivity index (χ0v) is 13.5. The zero-order valence-electron chi connectivity index (χ0n) is 12.7. The molecule has 2 aromatic carbocycles. The molecule has 6 heteroatoms. The summed E-state index contributed by atoms with van der Waals surface area (Å²) in [6.45, 7) is -0.0867. The standard InChI is InChI=1S/C18H15ClN2O3/c19-11-5-16-14(7-12(9-22)20-16)17(6-11)24-13-3-1-10-2-4-18(23)21-15(10)8-13/h1,3,5-8,20,22H,2,4,9H2,(H,21,23). The number of amides is 1. The fourth-order valence-electron chi connectivity index (χ4n) is 2.94. The summed E-state index contributed by atoms with van der Waals surface area (Å²) in [4.78, 5) is 14.7. The van der Waals surface area contributed by atoms with E-state index < -0.39 is 0 Å². The molecule has 0 radical (unpaired) electrons. The highest BCUT2D eigenvalue weighted by atomic mass is 35.5. The van der Waals surface area contributed by atoms with E-state index in [1.165, 1.54) is 0 Å². The number of H-pyrrole nitrogens is 1. The van der Waals surface area contributed by atoms with E-state index in [0.29, 0.717) is 28.6 Å². The molecule has 3 aromatic rings. The Morgan fingerprint density at radius 3 is 2.88 bits per heavy atom. The van der Waals surface area contributed by atoms with Crippen LogP contribution in [-0.4, -0.2) is 16.0 Å². The minimum atomic E-state index is -0.0867. The number of hydrogen-bond acceptors (Lipinski definition) is 3. The van der Waals surface area contributed by atoms with Crippen LogP contribution in [0.2, 0.25) is 5.02 Å². The van der Waals surface area contributed by atoms with Crippen LogP contribution in [0.25, 0.3) is 10.9 Å². The van der Waals surface area contributed by atoms with Gasteiger partial charge in [0.15, 0.2) is 0 Å². The number of aliphatic hydroxyl groups excluding tert-OH is 1. The van der Waals surface area contributed by atoms with E-state index in [1.54, 1.807) is 12.1 Å². The number of nitrogens with one attached hydrogen (secondary N) is 2.